The van der Waals surface area contributed by atoms with Gasteiger partial charge in [-0.1, -0.05) is 60.9 Å². The van der Waals surface area contributed by atoms with Gasteiger partial charge in [0.2, 0.25) is 0 Å². The minimum Gasteiger partial charge on any atom is -0.497 e. The van der Waals surface area contributed by atoms with Crippen LogP contribution < -0.4 is 9.47 Å². The standard InChI is InChI=1S/C28H32O2Si2/c1-29-19-9-5-17(6-10-19)13-15-31(3)25-21-22-26(31)24-23(25)27(21)32(4,28(22)24)16-14-18-7-11-20(30-2)12-8-18/h5-16,21-28H,1-4H3/b15-13+,16-14+. The second-order valence-electron chi connectivity index (χ2n) is 11.4. The Labute approximate surface area is 193 Å². The van der Waals surface area contributed by atoms with Gasteiger partial charge in [-0.15, -0.1) is 0 Å². The van der Waals surface area contributed by atoms with Crippen molar-refractivity contribution < 1.29 is 9.47 Å². The molecular formula is C28H32O2Si2. The minimum absolute atomic E-state index is 0.945. The topological polar surface area (TPSA) is 18.5 Å². The molecular weight excluding hydrogens is 424 g/mol. The maximum Gasteiger partial charge on any atom is 0.118 e. The molecule has 4 saturated heterocycles. The number of benzene rings is 2. The third-order valence-corrected chi connectivity index (χ3v) is 21.2. The molecule has 32 heavy (non-hydrogen) atoms. The predicted octanol–water partition coefficient (Wildman–Crippen LogP) is 6.68. The highest BCUT2D eigenvalue weighted by molar-refractivity contribution is 6.95. The zero-order valence-corrected chi connectivity index (χ0v) is 21.4. The number of hydrogen-bond donors (Lipinski definition) is 0. The molecule has 6 fully saturated rings. The minimum atomic E-state index is -1.31. The first kappa shape index (κ1) is 19.4. The summed E-state index contributed by atoms with van der Waals surface area (Å²) in [6, 6.07) is 17.2. The zero-order valence-electron chi connectivity index (χ0n) is 19.4. The van der Waals surface area contributed by atoms with Gasteiger partial charge in [0, 0.05) is 0 Å². The maximum atomic E-state index is 5.32. The molecule has 2 aromatic carbocycles. The third-order valence-electron chi connectivity index (χ3n) is 10.6. The Morgan fingerprint density at radius 1 is 0.562 bits per heavy atom. The molecule has 0 radical (unpaired) electrons. The normalized spacial score (nSPS) is 46.1. The fourth-order valence-corrected chi connectivity index (χ4v) is 23.5. The molecule has 0 unspecified atom stereocenters. The van der Waals surface area contributed by atoms with Gasteiger partial charge in [-0.25, -0.2) is 0 Å². The van der Waals surface area contributed by atoms with Crippen molar-refractivity contribution in [1.82, 2.24) is 0 Å². The molecule has 4 aliphatic heterocycles. The Morgan fingerprint density at radius 2 is 0.875 bits per heavy atom. The Kier molecular flexibility index (Phi) is 3.82. The smallest absolute Gasteiger partial charge is 0.118 e. The van der Waals surface area contributed by atoms with E-state index in [9.17, 15) is 0 Å². The van der Waals surface area contributed by atoms with Gasteiger partial charge in [0.1, 0.15) is 11.5 Å². The fraction of sp³-hybridized carbons (Fsp3) is 0.429. The molecule has 0 amide bonds. The first-order valence-electron chi connectivity index (χ1n) is 12.2. The van der Waals surface area contributed by atoms with Crippen LogP contribution in [-0.4, -0.2) is 30.4 Å². The number of methoxy groups -OCH3 is 2. The van der Waals surface area contributed by atoms with E-state index < -0.39 is 16.1 Å². The lowest BCUT2D eigenvalue weighted by Crippen LogP contribution is -2.48. The summed E-state index contributed by atoms with van der Waals surface area (Å²) >= 11 is 0. The summed E-state index contributed by atoms with van der Waals surface area (Å²) in [5.41, 5.74) is 12.5. The van der Waals surface area contributed by atoms with Gasteiger partial charge in [-0.05, 0) is 81.2 Å². The predicted molar refractivity (Wildman–Crippen MR) is 136 cm³/mol. The van der Waals surface area contributed by atoms with E-state index in [2.05, 4.69) is 85.2 Å². The van der Waals surface area contributed by atoms with Crippen LogP contribution in [0.3, 0.4) is 0 Å². The average Bonchev–Trinajstić information content (AvgIpc) is 3.23. The summed E-state index contributed by atoms with van der Waals surface area (Å²) in [6.45, 7) is 5.46. The van der Waals surface area contributed by atoms with Crippen molar-refractivity contribution in [2.24, 2.45) is 23.7 Å². The molecule has 4 heterocycles. The third kappa shape index (κ3) is 2.12. The quantitative estimate of drug-likeness (QED) is 0.451. The first-order chi connectivity index (χ1) is 15.5. The maximum absolute atomic E-state index is 5.32. The average molecular weight is 457 g/mol. The first-order valence-corrected chi connectivity index (χ1v) is 17.6. The Hall–Kier alpha value is -2.05. The summed E-state index contributed by atoms with van der Waals surface area (Å²) in [5, 5.41) is 0. The second kappa shape index (κ2) is 6.29. The highest BCUT2D eigenvalue weighted by atomic mass is 28.3. The summed E-state index contributed by atoms with van der Waals surface area (Å²) in [4.78, 5) is 0. The van der Waals surface area contributed by atoms with Gasteiger partial charge < -0.3 is 9.47 Å². The van der Waals surface area contributed by atoms with Crippen molar-refractivity contribution in [1.29, 1.82) is 0 Å². The molecule has 0 spiro atoms. The Morgan fingerprint density at radius 3 is 1.16 bits per heavy atom. The molecule has 4 heteroatoms. The van der Waals surface area contributed by atoms with Crippen LogP contribution in [0.4, 0.5) is 0 Å². The zero-order chi connectivity index (χ0) is 21.8. The van der Waals surface area contributed by atoms with Crippen LogP contribution >= 0.6 is 0 Å². The van der Waals surface area contributed by atoms with Crippen LogP contribution in [0.1, 0.15) is 11.1 Å². The molecule has 0 N–H and O–H groups in total. The molecule has 2 aromatic rings. The number of ether oxygens (including phenoxy) is 2. The molecule has 0 aromatic heterocycles. The molecule has 164 valence electrons. The van der Waals surface area contributed by atoms with Crippen molar-refractivity contribution in [3.05, 3.63) is 71.1 Å². The summed E-state index contributed by atoms with van der Waals surface area (Å²) in [6.07, 6.45) is 4.90. The van der Waals surface area contributed by atoms with Crippen molar-refractivity contribution >= 4 is 28.3 Å². The van der Waals surface area contributed by atoms with E-state index in [4.69, 9.17) is 9.47 Å². The fourth-order valence-electron chi connectivity index (χ4n) is 9.73. The van der Waals surface area contributed by atoms with Gasteiger partial charge in [0.05, 0.1) is 30.4 Å². The SMILES string of the molecule is COc1ccc(/C=C/[Si]2(C)C3C4C5C2C2C3C4[Si](C)(/C=C/c3ccc(OC)cc3)C52)cc1. The lowest BCUT2D eigenvalue weighted by Gasteiger charge is -2.60. The summed E-state index contributed by atoms with van der Waals surface area (Å²) < 4.78 is 10.6. The van der Waals surface area contributed by atoms with Gasteiger partial charge in [0.25, 0.3) is 0 Å². The number of hydrogen-bond acceptors (Lipinski definition) is 2. The van der Waals surface area contributed by atoms with E-state index in [1.165, 1.54) is 11.1 Å². The van der Waals surface area contributed by atoms with Gasteiger partial charge >= 0.3 is 0 Å². The lowest BCUT2D eigenvalue weighted by molar-refractivity contribution is -0.0323. The Bertz CT molecular complexity index is 1000. The second-order valence-corrected chi connectivity index (χ2v) is 20.2. The molecule has 8 rings (SSSR count). The van der Waals surface area contributed by atoms with Crippen LogP contribution in [0.15, 0.2) is 59.9 Å². The highest BCUT2D eigenvalue weighted by Gasteiger charge is 2.94. The summed E-state index contributed by atoms with van der Waals surface area (Å²) in [7, 11) is 0.852. The highest BCUT2D eigenvalue weighted by Crippen LogP contribution is 3.00. The van der Waals surface area contributed by atoms with E-state index in [1.807, 2.05) is 0 Å². The van der Waals surface area contributed by atoms with Crippen molar-refractivity contribution in [2.75, 3.05) is 14.2 Å². The molecule has 2 saturated carbocycles. The van der Waals surface area contributed by atoms with Crippen molar-refractivity contribution in [3.63, 3.8) is 0 Å². The molecule has 4 bridgehead atoms. The van der Waals surface area contributed by atoms with Crippen LogP contribution in [0.25, 0.3) is 12.2 Å². The van der Waals surface area contributed by atoms with Crippen LogP contribution in [-0.2, 0) is 0 Å². The van der Waals surface area contributed by atoms with Crippen LogP contribution in [0, 0.1) is 23.7 Å². The monoisotopic (exact) mass is 456 g/mol. The Balaban J connectivity index is 1.12. The largest absolute Gasteiger partial charge is 0.497 e. The molecule has 2 aliphatic carbocycles. The van der Waals surface area contributed by atoms with Crippen LogP contribution in [0.2, 0.25) is 35.3 Å². The molecule has 6 aliphatic rings. The van der Waals surface area contributed by atoms with E-state index in [0.29, 0.717) is 0 Å². The number of rotatable bonds is 6. The lowest BCUT2D eigenvalue weighted by atomic mass is 9.45. The van der Waals surface area contributed by atoms with Crippen molar-refractivity contribution in [2.45, 2.75) is 35.3 Å². The van der Waals surface area contributed by atoms with Crippen molar-refractivity contribution in [3.8, 4) is 11.5 Å². The molecule has 0 atom stereocenters. The van der Waals surface area contributed by atoms with E-state index in [0.717, 1.165) is 57.3 Å². The van der Waals surface area contributed by atoms with E-state index >= 15 is 0 Å². The molecule has 2 nitrogen and oxygen atoms in total. The van der Waals surface area contributed by atoms with E-state index in [1.54, 1.807) is 14.2 Å². The van der Waals surface area contributed by atoms with Gasteiger partial charge in [-0.2, -0.15) is 0 Å². The van der Waals surface area contributed by atoms with Gasteiger partial charge in [0.15, 0.2) is 0 Å². The van der Waals surface area contributed by atoms with Gasteiger partial charge in [-0.3, -0.25) is 0 Å². The van der Waals surface area contributed by atoms with E-state index in [-0.39, 0.29) is 0 Å². The summed E-state index contributed by atoms with van der Waals surface area (Å²) in [5.74, 6) is 6.20. The van der Waals surface area contributed by atoms with Crippen LogP contribution in [0.5, 0.6) is 11.5 Å².